The standard InChI is InChI=1S/C19H21N7OS/c1-2-3-11-26-17(20-23-24-26)14-28-19-22-21-18(16-10-7-12-27-16)25(19)13-15-8-5-4-6-9-15/h4-10,12H,2-3,11,13-14H2,1H3. The topological polar surface area (TPSA) is 87.4 Å². The minimum Gasteiger partial charge on any atom is -0.461 e. The van der Waals surface area contributed by atoms with Gasteiger partial charge in [-0.25, -0.2) is 4.68 Å². The molecule has 0 unspecified atom stereocenters. The second-order valence-electron chi connectivity index (χ2n) is 6.32. The summed E-state index contributed by atoms with van der Waals surface area (Å²) < 4.78 is 9.49. The molecule has 0 atom stereocenters. The number of unbranched alkanes of at least 4 members (excludes halogenated alkanes) is 1. The molecule has 0 spiro atoms. The van der Waals surface area contributed by atoms with Crippen molar-refractivity contribution in [3.8, 4) is 11.6 Å². The lowest BCUT2D eigenvalue weighted by molar-refractivity contribution is 0.540. The van der Waals surface area contributed by atoms with E-state index in [2.05, 4.69) is 49.3 Å². The summed E-state index contributed by atoms with van der Waals surface area (Å²) in [5.74, 6) is 2.87. The Bertz CT molecular complexity index is 995. The molecular formula is C19H21N7OS. The van der Waals surface area contributed by atoms with Crippen LogP contribution in [0.2, 0.25) is 0 Å². The Morgan fingerprint density at radius 1 is 1.04 bits per heavy atom. The van der Waals surface area contributed by atoms with Crippen LogP contribution < -0.4 is 0 Å². The van der Waals surface area contributed by atoms with Gasteiger partial charge in [-0.1, -0.05) is 55.4 Å². The van der Waals surface area contributed by atoms with Crippen LogP contribution in [-0.4, -0.2) is 35.0 Å². The van der Waals surface area contributed by atoms with E-state index < -0.39 is 0 Å². The molecule has 0 N–H and O–H groups in total. The Kier molecular flexibility index (Phi) is 5.81. The second-order valence-corrected chi connectivity index (χ2v) is 7.26. The van der Waals surface area contributed by atoms with Gasteiger partial charge in [-0.2, -0.15) is 0 Å². The molecule has 0 radical (unpaired) electrons. The number of hydrogen-bond donors (Lipinski definition) is 0. The summed E-state index contributed by atoms with van der Waals surface area (Å²) in [6.45, 7) is 3.64. The molecule has 0 amide bonds. The van der Waals surface area contributed by atoms with E-state index in [9.17, 15) is 0 Å². The molecule has 0 bridgehead atoms. The summed E-state index contributed by atoms with van der Waals surface area (Å²) in [6, 6.07) is 14.0. The number of thioether (sulfide) groups is 1. The normalized spacial score (nSPS) is 11.2. The molecule has 4 aromatic rings. The van der Waals surface area contributed by atoms with Crippen molar-refractivity contribution >= 4 is 11.8 Å². The third-order valence-electron chi connectivity index (χ3n) is 4.30. The minimum atomic E-state index is 0.627. The van der Waals surface area contributed by atoms with Crippen molar-refractivity contribution < 1.29 is 4.42 Å². The molecule has 0 fully saturated rings. The maximum absolute atomic E-state index is 5.56. The molecule has 0 aliphatic rings. The average Bonchev–Trinajstić information content (AvgIpc) is 3.47. The number of furan rings is 1. The highest BCUT2D eigenvalue weighted by atomic mass is 32.2. The predicted octanol–water partition coefficient (Wildman–Crippen LogP) is 3.67. The Hall–Kier alpha value is -2.94. The maximum Gasteiger partial charge on any atom is 0.200 e. The molecule has 0 aliphatic carbocycles. The van der Waals surface area contributed by atoms with Crippen molar-refractivity contribution in [1.29, 1.82) is 0 Å². The van der Waals surface area contributed by atoms with E-state index in [1.807, 2.05) is 35.0 Å². The van der Waals surface area contributed by atoms with Crippen LogP contribution in [0.1, 0.15) is 31.2 Å². The Balaban J connectivity index is 1.57. The van der Waals surface area contributed by atoms with Crippen LogP contribution in [0.25, 0.3) is 11.6 Å². The number of tetrazole rings is 1. The van der Waals surface area contributed by atoms with E-state index in [1.165, 1.54) is 5.56 Å². The third kappa shape index (κ3) is 4.14. The average molecular weight is 395 g/mol. The smallest absolute Gasteiger partial charge is 0.200 e. The summed E-state index contributed by atoms with van der Waals surface area (Å²) in [4.78, 5) is 0. The lowest BCUT2D eigenvalue weighted by atomic mass is 10.2. The molecule has 144 valence electrons. The summed E-state index contributed by atoms with van der Waals surface area (Å²) in [5, 5.41) is 21.6. The van der Waals surface area contributed by atoms with E-state index >= 15 is 0 Å². The van der Waals surface area contributed by atoms with Gasteiger partial charge < -0.3 is 4.42 Å². The van der Waals surface area contributed by atoms with Crippen molar-refractivity contribution in [3.05, 3.63) is 60.1 Å². The fourth-order valence-corrected chi connectivity index (χ4v) is 3.70. The highest BCUT2D eigenvalue weighted by Gasteiger charge is 2.18. The molecule has 4 rings (SSSR count). The van der Waals surface area contributed by atoms with Crippen LogP contribution in [0.15, 0.2) is 58.3 Å². The van der Waals surface area contributed by atoms with Gasteiger partial charge in [0.2, 0.25) is 5.82 Å². The van der Waals surface area contributed by atoms with Gasteiger partial charge >= 0.3 is 0 Å². The van der Waals surface area contributed by atoms with Crippen molar-refractivity contribution in [2.24, 2.45) is 0 Å². The van der Waals surface area contributed by atoms with Crippen molar-refractivity contribution in [3.63, 3.8) is 0 Å². The molecule has 3 aromatic heterocycles. The van der Waals surface area contributed by atoms with Gasteiger partial charge in [-0.15, -0.1) is 15.3 Å². The summed E-state index contributed by atoms with van der Waals surface area (Å²) >= 11 is 1.57. The molecule has 0 saturated heterocycles. The van der Waals surface area contributed by atoms with Gasteiger partial charge in [0, 0.05) is 6.54 Å². The second kappa shape index (κ2) is 8.83. The van der Waals surface area contributed by atoms with Gasteiger partial charge in [0.15, 0.2) is 16.7 Å². The van der Waals surface area contributed by atoms with Crippen molar-refractivity contribution in [1.82, 2.24) is 35.0 Å². The lowest BCUT2D eigenvalue weighted by Crippen LogP contribution is -2.06. The Labute approximate surface area is 167 Å². The predicted molar refractivity (Wildman–Crippen MR) is 106 cm³/mol. The number of benzene rings is 1. The summed E-state index contributed by atoms with van der Waals surface area (Å²) in [7, 11) is 0. The van der Waals surface area contributed by atoms with E-state index in [0.29, 0.717) is 23.9 Å². The number of rotatable bonds is 9. The first-order valence-corrected chi connectivity index (χ1v) is 10.2. The fraction of sp³-hybridized carbons (Fsp3) is 0.316. The lowest BCUT2D eigenvalue weighted by Gasteiger charge is -2.09. The quantitative estimate of drug-likeness (QED) is 0.400. The molecule has 8 nitrogen and oxygen atoms in total. The van der Waals surface area contributed by atoms with Gasteiger partial charge in [0.1, 0.15) is 0 Å². The van der Waals surface area contributed by atoms with Crippen LogP contribution in [0.3, 0.4) is 0 Å². The largest absolute Gasteiger partial charge is 0.461 e. The SMILES string of the molecule is CCCCn1nnnc1CSc1nnc(-c2ccco2)n1Cc1ccccc1. The summed E-state index contributed by atoms with van der Waals surface area (Å²) in [5.41, 5.74) is 1.17. The zero-order valence-corrected chi connectivity index (χ0v) is 16.4. The first-order chi connectivity index (χ1) is 13.8. The van der Waals surface area contributed by atoms with E-state index in [4.69, 9.17) is 4.42 Å². The highest BCUT2D eigenvalue weighted by molar-refractivity contribution is 7.98. The van der Waals surface area contributed by atoms with E-state index in [1.54, 1.807) is 18.0 Å². The molecule has 9 heteroatoms. The number of aromatic nitrogens is 7. The minimum absolute atomic E-state index is 0.627. The molecular weight excluding hydrogens is 374 g/mol. The molecule has 1 aromatic carbocycles. The molecule has 0 aliphatic heterocycles. The van der Waals surface area contributed by atoms with Crippen molar-refractivity contribution in [2.45, 2.75) is 43.8 Å². The van der Waals surface area contributed by atoms with Crippen molar-refractivity contribution in [2.75, 3.05) is 0 Å². The summed E-state index contributed by atoms with van der Waals surface area (Å²) in [6.07, 6.45) is 3.80. The molecule has 0 saturated carbocycles. The van der Waals surface area contributed by atoms with Crippen LogP contribution in [-0.2, 0) is 18.8 Å². The number of nitrogens with zero attached hydrogens (tertiary/aromatic N) is 7. The van der Waals surface area contributed by atoms with E-state index in [-0.39, 0.29) is 0 Å². The molecule has 3 heterocycles. The van der Waals surface area contributed by atoms with E-state index in [0.717, 1.165) is 30.4 Å². The third-order valence-corrected chi connectivity index (χ3v) is 5.26. The molecule has 28 heavy (non-hydrogen) atoms. The first kappa shape index (κ1) is 18.4. The van der Waals surface area contributed by atoms with Gasteiger partial charge in [0.25, 0.3) is 0 Å². The van der Waals surface area contributed by atoms with Gasteiger partial charge in [0.05, 0.1) is 18.6 Å². The van der Waals surface area contributed by atoms with Gasteiger partial charge in [-0.3, -0.25) is 4.57 Å². The first-order valence-electron chi connectivity index (χ1n) is 9.24. The Morgan fingerprint density at radius 3 is 2.71 bits per heavy atom. The van der Waals surface area contributed by atoms with Gasteiger partial charge in [-0.05, 0) is 34.5 Å². The zero-order valence-electron chi connectivity index (χ0n) is 15.6. The van der Waals surface area contributed by atoms with Crippen LogP contribution in [0.4, 0.5) is 0 Å². The monoisotopic (exact) mass is 395 g/mol. The Morgan fingerprint density at radius 2 is 1.93 bits per heavy atom. The van der Waals surface area contributed by atoms with Crippen LogP contribution in [0, 0.1) is 0 Å². The maximum atomic E-state index is 5.56. The fourth-order valence-electron chi connectivity index (χ4n) is 2.83. The number of hydrogen-bond acceptors (Lipinski definition) is 7. The zero-order chi connectivity index (χ0) is 19.2. The van der Waals surface area contributed by atoms with Crippen LogP contribution in [0.5, 0.6) is 0 Å². The number of aryl methyl sites for hydroxylation is 1. The van der Waals surface area contributed by atoms with Crippen LogP contribution >= 0.6 is 11.8 Å². The highest BCUT2D eigenvalue weighted by Crippen LogP contribution is 2.27.